The van der Waals surface area contributed by atoms with Crippen LogP contribution in [0.25, 0.3) is 0 Å². The van der Waals surface area contributed by atoms with Crippen LogP contribution in [0.4, 0.5) is 0 Å². The average Bonchev–Trinajstić information content (AvgIpc) is 3.27. The number of ether oxygens (including phenoxy) is 1. The maximum atomic E-state index is 11.9. The zero-order valence-corrected chi connectivity index (χ0v) is 13.0. The molecule has 0 aliphatic rings. The molecule has 0 aliphatic heterocycles. The normalized spacial score (nSPS) is 10.5. The Hall–Kier alpha value is -3.22. The van der Waals surface area contributed by atoms with Crippen LogP contribution in [0, 0.1) is 0 Å². The molecule has 0 amide bonds. The Balaban J connectivity index is 1.62. The van der Waals surface area contributed by atoms with Gasteiger partial charge in [0, 0.05) is 6.42 Å². The van der Waals surface area contributed by atoms with Crippen molar-refractivity contribution in [1.29, 1.82) is 0 Å². The quantitative estimate of drug-likeness (QED) is 0.527. The molecule has 1 aromatic carbocycles. The molecular formula is C17H15N3O4. The number of carbonyl (C=O) groups excluding carboxylic acids is 2. The second-order valence-electron chi connectivity index (χ2n) is 5.14. The molecule has 0 saturated carbocycles. The van der Waals surface area contributed by atoms with Gasteiger partial charge in [0.25, 0.3) is 5.78 Å². The molecule has 0 unspecified atom stereocenters. The molecule has 7 heteroatoms. The minimum Gasteiger partial charge on any atom is -0.497 e. The zero-order valence-electron chi connectivity index (χ0n) is 13.0. The van der Waals surface area contributed by atoms with Gasteiger partial charge in [-0.05, 0) is 29.8 Å². The monoisotopic (exact) mass is 325 g/mol. The Kier molecular flexibility index (Phi) is 4.51. The molecule has 0 spiro atoms. The highest BCUT2D eigenvalue weighted by molar-refractivity contribution is 6.42. The summed E-state index contributed by atoms with van der Waals surface area (Å²) in [5.41, 5.74) is 1.06. The molecule has 0 fully saturated rings. The molecule has 122 valence electrons. The van der Waals surface area contributed by atoms with Crippen LogP contribution in [-0.4, -0.2) is 33.9 Å². The van der Waals surface area contributed by atoms with Gasteiger partial charge in [0.15, 0.2) is 0 Å². The van der Waals surface area contributed by atoms with E-state index < -0.39 is 11.6 Å². The number of aromatic amines is 1. The number of methoxy groups -OCH3 is 1. The summed E-state index contributed by atoms with van der Waals surface area (Å²) in [4.78, 5) is 27.4. The van der Waals surface area contributed by atoms with Crippen LogP contribution in [0.3, 0.4) is 0 Å². The number of hydrogen-bond donors (Lipinski definition) is 1. The molecule has 2 heterocycles. The number of aromatic nitrogens is 3. The first-order valence-electron chi connectivity index (χ1n) is 7.29. The number of ketones is 2. The lowest BCUT2D eigenvalue weighted by Gasteiger charge is -2.01. The average molecular weight is 325 g/mol. The summed E-state index contributed by atoms with van der Waals surface area (Å²) in [6.45, 7) is 0. The van der Waals surface area contributed by atoms with Crippen LogP contribution in [0.5, 0.6) is 5.75 Å². The van der Waals surface area contributed by atoms with E-state index in [1.807, 2.05) is 24.3 Å². The molecule has 2 aromatic heterocycles. The molecule has 3 aromatic rings. The van der Waals surface area contributed by atoms with Gasteiger partial charge in [-0.15, -0.1) is 5.10 Å². The lowest BCUT2D eigenvalue weighted by atomic mass is 10.1. The number of nitrogens with zero attached hydrogens (tertiary/aromatic N) is 2. The van der Waals surface area contributed by atoms with Crippen LogP contribution in [-0.2, 0) is 17.6 Å². The van der Waals surface area contributed by atoms with Crippen LogP contribution in [0.2, 0.25) is 0 Å². The second-order valence-corrected chi connectivity index (χ2v) is 5.14. The number of hydrogen-bond acceptors (Lipinski definition) is 6. The fourth-order valence-corrected chi connectivity index (χ4v) is 2.24. The second kappa shape index (κ2) is 6.91. The van der Waals surface area contributed by atoms with E-state index in [1.165, 1.54) is 6.33 Å². The van der Waals surface area contributed by atoms with E-state index >= 15 is 0 Å². The van der Waals surface area contributed by atoms with E-state index in [9.17, 15) is 9.59 Å². The number of H-pyrrole nitrogens is 1. The number of rotatable bonds is 7. The van der Waals surface area contributed by atoms with Crippen LogP contribution in [0.15, 0.2) is 47.1 Å². The molecular weight excluding hydrogens is 310 g/mol. The third kappa shape index (κ3) is 3.57. The number of nitrogens with one attached hydrogen (secondary N) is 1. The molecule has 0 saturated heterocycles. The molecule has 3 rings (SSSR count). The van der Waals surface area contributed by atoms with E-state index in [2.05, 4.69) is 15.2 Å². The summed E-state index contributed by atoms with van der Waals surface area (Å²) < 4.78 is 10.7. The predicted octanol–water partition coefficient (Wildman–Crippen LogP) is 1.99. The van der Waals surface area contributed by atoms with Gasteiger partial charge in [-0.25, -0.2) is 4.98 Å². The molecule has 7 nitrogen and oxygen atoms in total. The van der Waals surface area contributed by atoms with Crippen molar-refractivity contribution in [2.45, 2.75) is 12.8 Å². The third-order valence-electron chi connectivity index (χ3n) is 3.46. The van der Waals surface area contributed by atoms with Crippen LogP contribution in [0.1, 0.15) is 27.7 Å². The van der Waals surface area contributed by atoms with Gasteiger partial charge in [0.2, 0.25) is 11.6 Å². The SMILES string of the molecule is COc1ccc(Cc2ccc(CC(=O)C(=O)c3nc[nH]n3)o2)cc1. The Bertz CT molecular complexity index is 835. The largest absolute Gasteiger partial charge is 0.497 e. The molecule has 0 atom stereocenters. The van der Waals surface area contributed by atoms with Crippen molar-refractivity contribution in [1.82, 2.24) is 15.2 Å². The number of carbonyl (C=O) groups is 2. The van der Waals surface area contributed by atoms with Gasteiger partial charge in [-0.1, -0.05) is 12.1 Å². The number of furan rings is 1. The summed E-state index contributed by atoms with van der Waals surface area (Å²) in [5, 5.41) is 6.01. The Morgan fingerprint density at radius 2 is 1.88 bits per heavy atom. The number of Topliss-reactive ketones (excluding diaryl/α,β-unsaturated/α-hetero) is 2. The summed E-state index contributed by atoms with van der Waals surface area (Å²) in [5.74, 6) is 0.463. The Morgan fingerprint density at radius 1 is 1.12 bits per heavy atom. The van der Waals surface area contributed by atoms with Gasteiger partial charge in [-0.3, -0.25) is 14.7 Å². The van der Waals surface area contributed by atoms with Crippen molar-refractivity contribution in [2.75, 3.05) is 7.11 Å². The molecule has 24 heavy (non-hydrogen) atoms. The summed E-state index contributed by atoms with van der Waals surface area (Å²) in [6.07, 6.45) is 1.73. The van der Waals surface area contributed by atoms with Crippen LogP contribution >= 0.6 is 0 Å². The van der Waals surface area contributed by atoms with E-state index in [1.54, 1.807) is 19.2 Å². The Morgan fingerprint density at radius 3 is 2.54 bits per heavy atom. The first kappa shape index (κ1) is 15.7. The van der Waals surface area contributed by atoms with Gasteiger partial charge < -0.3 is 9.15 Å². The van der Waals surface area contributed by atoms with Gasteiger partial charge in [0.1, 0.15) is 23.6 Å². The van der Waals surface area contributed by atoms with Crippen molar-refractivity contribution >= 4 is 11.6 Å². The van der Waals surface area contributed by atoms with E-state index in [-0.39, 0.29) is 12.2 Å². The first-order valence-corrected chi connectivity index (χ1v) is 7.29. The van der Waals surface area contributed by atoms with Crippen molar-refractivity contribution < 1.29 is 18.7 Å². The van der Waals surface area contributed by atoms with Gasteiger partial charge >= 0.3 is 0 Å². The Labute approximate surface area is 137 Å². The van der Waals surface area contributed by atoms with Crippen molar-refractivity contribution in [3.63, 3.8) is 0 Å². The lowest BCUT2D eigenvalue weighted by Crippen LogP contribution is -2.17. The smallest absolute Gasteiger partial charge is 0.268 e. The maximum absolute atomic E-state index is 11.9. The van der Waals surface area contributed by atoms with Crippen molar-refractivity contribution in [3.05, 3.63) is 65.6 Å². The highest BCUT2D eigenvalue weighted by atomic mass is 16.5. The molecule has 0 bridgehead atoms. The standard InChI is InChI=1S/C17H15N3O4/c1-23-12-4-2-11(3-5-12)8-13-6-7-14(24-13)9-15(21)16(22)17-18-10-19-20-17/h2-7,10H,8-9H2,1H3,(H,18,19,20). The number of benzene rings is 1. The summed E-state index contributed by atoms with van der Waals surface area (Å²) >= 11 is 0. The predicted molar refractivity (Wildman–Crippen MR) is 83.9 cm³/mol. The fourth-order valence-electron chi connectivity index (χ4n) is 2.24. The minimum absolute atomic E-state index is 0.115. The fraction of sp³-hybridized carbons (Fsp3) is 0.176. The van der Waals surface area contributed by atoms with Gasteiger partial charge in [0.05, 0.1) is 13.5 Å². The maximum Gasteiger partial charge on any atom is 0.268 e. The molecule has 1 N–H and O–H groups in total. The van der Waals surface area contributed by atoms with Crippen molar-refractivity contribution in [3.8, 4) is 5.75 Å². The van der Waals surface area contributed by atoms with E-state index in [0.717, 1.165) is 11.3 Å². The van der Waals surface area contributed by atoms with E-state index in [0.29, 0.717) is 17.9 Å². The molecule has 0 radical (unpaired) electrons. The zero-order chi connectivity index (χ0) is 16.9. The third-order valence-corrected chi connectivity index (χ3v) is 3.46. The van der Waals surface area contributed by atoms with Crippen molar-refractivity contribution in [2.24, 2.45) is 0 Å². The highest BCUT2D eigenvalue weighted by Gasteiger charge is 2.21. The topological polar surface area (TPSA) is 98.1 Å². The minimum atomic E-state index is -0.732. The van der Waals surface area contributed by atoms with Crippen LogP contribution < -0.4 is 4.74 Å². The summed E-state index contributed by atoms with van der Waals surface area (Å²) in [6, 6.07) is 11.1. The lowest BCUT2D eigenvalue weighted by molar-refractivity contribution is -0.114. The highest BCUT2D eigenvalue weighted by Crippen LogP contribution is 2.17. The first-order chi connectivity index (χ1) is 11.7. The molecule has 0 aliphatic carbocycles. The van der Waals surface area contributed by atoms with Gasteiger partial charge in [-0.2, -0.15) is 0 Å². The van der Waals surface area contributed by atoms with E-state index in [4.69, 9.17) is 9.15 Å². The summed E-state index contributed by atoms with van der Waals surface area (Å²) in [7, 11) is 1.62.